The maximum Gasteiger partial charge on any atom is 0.323 e. The minimum Gasteiger partial charge on any atom is -0.468 e. The molecule has 2 heterocycles. The Morgan fingerprint density at radius 3 is 2.35 bits per heavy atom. The molecule has 3 unspecified atom stereocenters. The van der Waals surface area contributed by atoms with Crippen molar-refractivity contribution in [3.8, 4) is 0 Å². The first-order valence-electron chi connectivity index (χ1n) is 7.67. The maximum absolute atomic E-state index is 12.6. The second-order valence-electron chi connectivity index (χ2n) is 6.08. The molecule has 0 saturated carbocycles. The number of nitrogens with zero attached hydrogens (tertiary/aromatic N) is 2. The molecule has 0 aromatic heterocycles. The van der Waals surface area contributed by atoms with Gasteiger partial charge < -0.3 is 9.64 Å². The third-order valence-corrected chi connectivity index (χ3v) is 4.66. The fourth-order valence-electron chi connectivity index (χ4n) is 3.59. The van der Waals surface area contributed by atoms with Gasteiger partial charge in [0.2, 0.25) is 5.91 Å². The third kappa shape index (κ3) is 3.14. The lowest BCUT2D eigenvalue weighted by atomic mass is 9.97. The van der Waals surface area contributed by atoms with Gasteiger partial charge in [0.05, 0.1) is 13.7 Å². The number of piperidine rings is 1. The van der Waals surface area contributed by atoms with E-state index in [0.29, 0.717) is 18.6 Å². The van der Waals surface area contributed by atoms with E-state index >= 15 is 0 Å². The highest BCUT2D eigenvalue weighted by atomic mass is 16.5. The summed E-state index contributed by atoms with van der Waals surface area (Å²) in [6, 6.07) is 0.384. The molecule has 0 bridgehead atoms. The molecule has 0 aliphatic carbocycles. The van der Waals surface area contributed by atoms with Crippen molar-refractivity contribution in [2.24, 2.45) is 0 Å². The lowest BCUT2D eigenvalue weighted by Gasteiger charge is -2.40. The van der Waals surface area contributed by atoms with Gasteiger partial charge in [0.15, 0.2) is 0 Å². The molecule has 2 saturated heterocycles. The number of carbonyl (C=O) groups excluding carboxylic acids is 2. The van der Waals surface area contributed by atoms with Gasteiger partial charge in [0, 0.05) is 12.1 Å². The number of hydrogen-bond acceptors (Lipinski definition) is 4. The van der Waals surface area contributed by atoms with Crippen LogP contribution in [0.1, 0.15) is 46.0 Å². The number of ether oxygens (including phenoxy) is 1. The summed E-state index contributed by atoms with van der Waals surface area (Å²) in [5.41, 5.74) is 0. The quantitative estimate of drug-likeness (QED) is 0.735. The number of amides is 1. The van der Waals surface area contributed by atoms with Crippen LogP contribution in [0.25, 0.3) is 0 Å². The maximum atomic E-state index is 12.6. The molecule has 114 valence electrons. The highest BCUT2D eigenvalue weighted by Gasteiger charge is 2.35. The molecule has 5 heteroatoms. The number of hydrogen-bond donors (Lipinski definition) is 0. The summed E-state index contributed by atoms with van der Waals surface area (Å²) >= 11 is 0. The van der Waals surface area contributed by atoms with Crippen LogP contribution >= 0.6 is 0 Å². The fourth-order valence-corrected chi connectivity index (χ4v) is 3.59. The number of methoxy groups -OCH3 is 1. The van der Waals surface area contributed by atoms with Crippen LogP contribution < -0.4 is 0 Å². The average molecular weight is 282 g/mol. The van der Waals surface area contributed by atoms with Crippen LogP contribution in [0.5, 0.6) is 0 Å². The fraction of sp³-hybridized carbons (Fsp3) is 0.867. The summed E-state index contributed by atoms with van der Waals surface area (Å²) in [4.78, 5) is 28.3. The van der Waals surface area contributed by atoms with Gasteiger partial charge in [-0.05, 0) is 52.5 Å². The highest BCUT2D eigenvalue weighted by Crippen LogP contribution is 2.24. The topological polar surface area (TPSA) is 49.9 Å². The van der Waals surface area contributed by atoms with Crippen molar-refractivity contribution in [3.63, 3.8) is 0 Å². The Bertz CT molecular complexity index is 362. The monoisotopic (exact) mass is 282 g/mol. The predicted octanol–water partition coefficient (Wildman–Crippen LogP) is 1.41. The number of rotatable bonds is 3. The number of carbonyl (C=O) groups is 2. The molecule has 5 nitrogen and oxygen atoms in total. The van der Waals surface area contributed by atoms with E-state index in [-0.39, 0.29) is 17.9 Å². The Morgan fingerprint density at radius 2 is 1.75 bits per heavy atom. The Hall–Kier alpha value is -1.10. The molecule has 0 aromatic carbocycles. The highest BCUT2D eigenvalue weighted by molar-refractivity contribution is 5.81. The van der Waals surface area contributed by atoms with Crippen LogP contribution in [-0.2, 0) is 14.3 Å². The van der Waals surface area contributed by atoms with Crippen molar-refractivity contribution in [1.82, 2.24) is 9.80 Å². The molecular weight excluding hydrogens is 256 g/mol. The predicted molar refractivity (Wildman–Crippen MR) is 76.2 cm³/mol. The molecule has 2 aliphatic rings. The summed E-state index contributed by atoms with van der Waals surface area (Å²) in [5.74, 6) is -0.0597. The van der Waals surface area contributed by atoms with Gasteiger partial charge >= 0.3 is 5.97 Å². The summed E-state index contributed by atoms with van der Waals surface area (Å²) in [7, 11) is 1.41. The minimum atomic E-state index is -0.237. The van der Waals surface area contributed by atoms with Crippen LogP contribution in [0.4, 0.5) is 0 Å². The van der Waals surface area contributed by atoms with Gasteiger partial charge in [0.25, 0.3) is 0 Å². The lowest BCUT2D eigenvalue weighted by molar-refractivity contribution is -0.147. The summed E-state index contributed by atoms with van der Waals surface area (Å²) in [5, 5.41) is 0. The van der Waals surface area contributed by atoms with E-state index < -0.39 is 0 Å². The molecule has 3 atom stereocenters. The van der Waals surface area contributed by atoms with Crippen LogP contribution in [0.15, 0.2) is 0 Å². The van der Waals surface area contributed by atoms with Gasteiger partial charge in [-0.15, -0.1) is 0 Å². The van der Waals surface area contributed by atoms with E-state index in [1.807, 2.05) is 9.80 Å². The van der Waals surface area contributed by atoms with Crippen molar-refractivity contribution >= 4 is 11.9 Å². The molecule has 2 rings (SSSR count). The first kappa shape index (κ1) is 15.3. The second-order valence-corrected chi connectivity index (χ2v) is 6.08. The molecule has 2 fully saturated rings. The van der Waals surface area contributed by atoms with Crippen LogP contribution in [0.3, 0.4) is 0 Å². The first-order chi connectivity index (χ1) is 9.54. The van der Waals surface area contributed by atoms with Crippen LogP contribution in [0.2, 0.25) is 0 Å². The Balaban J connectivity index is 1.98. The molecule has 2 aliphatic heterocycles. The summed E-state index contributed by atoms with van der Waals surface area (Å²) in [6.07, 6.45) is 5.11. The van der Waals surface area contributed by atoms with E-state index in [1.165, 1.54) is 13.5 Å². The van der Waals surface area contributed by atoms with Crippen molar-refractivity contribution < 1.29 is 14.3 Å². The largest absolute Gasteiger partial charge is 0.468 e. The van der Waals surface area contributed by atoms with Crippen molar-refractivity contribution in [2.75, 3.05) is 20.2 Å². The molecule has 20 heavy (non-hydrogen) atoms. The molecule has 0 spiro atoms. The zero-order chi connectivity index (χ0) is 14.7. The Kier molecular flexibility index (Phi) is 5.02. The van der Waals surface area contributed by atoms with E-state index in [9.17, 15) is 9.59 Å². The number of likely N-dealkylation sites (tertiary alicyclic amines) is 2. The van der Waals surface area contributed by atoms with E-state index in [1.54, 1.807) is 0 Å². The van der Waals surface area contributed by atoms with Gasteiger partial charge in [-0.1, -0.05) is 0 Å². The van der Waals surface area contributed by atoms with Crippen molar-refractivity contribution in [2.45, 2.75) is 64.1 Å². The Morgan fingerprint density at radius 1 is 1.10 bits per heavy atom. The zero-order valence-electron chi connectivity index (χ0n) is 12.8. The van der Waals surface area contributed by atoms with Crippen molar-refractivity contribution in [3.05, 3.63) is 0 Å². The van der Waals surface area contributed by atoms with E-state index in [0.717, 1.165) is 32.2 Å². The van der Waals surface area contributed by atoms with Gasteiger partial charge in [-0.2, -0.15) is 0 Å². The molecule has 1 amide bonds. The van der Waals surface area contributed by atoms with E-state index in [2.05, 4.69) is 13.8 Å². The normalized spacial score (nSPS) is 31.4. The molecule has 0 N–H and O–H groups in total. The van der Waals surface area contributed by atoms with Gasteiger partial charge in [0.1, 0.15) is 6.04 Å². The second kappa shape index (κ2) is 6.57. The molecule has 0 aromatic rings. The third-order valence-electron chi connectivity index (χ3n) is 4.66. The van der Waals surface area contributed by atoms with Crippen LogP contribution in [-0.4, -0.2) is 60.0 Å². The summed E-state index contributed by atoms with van der Waals surface area (Å²) < 4.78 is 4.83. The zero-order valence-corrected chi connectivity index (χ0v) is 12.8. The van der Waals surface area contributed by atoms with Gasteiger partial charge in [-0.25, -0.2) is 0 Å². The first-order valence-corrected chi connectivity index (χ1v) is 7.67. The van der Waals surface area contributed by atoms with Crippen LogP contribution in [0, 0.1) is 0 Å². The minimum absolute atomic E-state index is 0.153. The average Bonchev–Trinajstić information content (AvgIpc) is 2.85. The van der Waals surface area contributed by atoms with Gasteiger partial charge in [-0.3, -0.25) is 14.5 Å². The molecule has 0 radical (unpaired) electrons. The van der Waals surface area contributed by atoms with E-state index in [4.69, 9.17) is 4.74 Å². The SMILES string of the molecule is COC(=O)C1CCCN1CC(=O)N1C(C)CCCC1C. The summed E-state index contributed by atoms with van der Waals surface area (Å²) in [6.45, 7) is 5.39. The smallest absolute Gasteiger partial charge is 0.323 e. The Labute approximate surface area is 121 Å². The standard InChI is InChI=1S/C15H26N2O3/c1-11-6-4-7-12(2)17(11)14(18)10-16-9-5-8-13(16)15(19)20-3/h11-13H,4-10H2,1-3H3. The number of esters is 1. The molecular formula is C15H26N2O3. The van der Waals surface area contributed by atoms with Crippen molar-refractivity contribution in [1.29, 1.82) is 0 Å². The lowest BCUT2D eigenvalue weighted by Crippen LogP contribution is -2.52.